The van der Waals surface area contributed by atoms with E-state index < -0.39 is 0 Å². The predicted octanol–water partition coefficient (Wildman–Crippen LogP) is 4.18. The molecule has 1 nitrogen and oxygen atoms in total. The van der Waals surface area contributed by atoms with E-state index in [0.29, 0.717) is 22.9 Å². The zero-order valence-electron chi connectivity index (χ0n) is 10.8. The van der Waals surface area contributed by atoms with Crippen LogP contribution in [0.5, 0.6) is 0 Å². The second-order valence-corrected chi connectivity index (χ2v) is 6.07. The van der Waals surface area contributed by atoms with Crippen LogP contribution in [0.2, 0.25) is 5.02 Å². The Kier molecular flexibility index (Phi) is 4.63. The molecule has 1 aromatic carbocycles. The van der Waals surface area contributed by atoms with Crippen molar-refractivity contribution in [1.29, 1.82) is 0 Å². The maximum absolute atomic E-state index is 13.7. The molecule has 3 atom stereocenters. The lowest BCUT2D eigenvalue weighted by molar-refractivity contribution is 0.244. The van der Waals surface area contributed by atoms with E-state index in [1.807, 2.05) is 0 Å². The van der Waals surface area contributed by atoms with Crippen molar-refractivity contribution in [2.75, 3.05) is 0 Å². The first kappa shape index (κ1) is 13.8. The molecule has 100 valence electrons. The van der Waals surface area contributed by atoms with Gasteiger partial charge in [0.05, 0.1) is 0 Å². The molecule has 0 bridgehead atoms. The lowest BCUT2D eigenvalue weighted by Crippen LogP contribution is -2.35. The number of hydrogen-bond acceptors (Lipinski definition) is 1. The van der Waals surface area contributed by atoms with Gasteiger partial charge in [-0.3, -0.25) is 0 Å². The summed E-state index contributed by atoms with van der Waals surface area (Å²) in [5, 5.41) is 0.441. The van der Waals surface area contributed by atoms with Crippen LogP contribution in [0.4, 0.5) is 4.39 Å². The van der Waals surface area contributed by atoms with E-state index >= 15 is 0 Å². The molecule has 1 fully saturated rings. The lowest BCUT2D eigenvalue weighted by atomic mass is 9.77. The van der Waals surface area contributed by atoms with Crippen molar-refractivity contribution in [1.82, 2.24) is 0 Å². The van der Waals surface area contributed by atoms with Gasteiger partial charge in [-0.15, -0.1) is 0 Å². The fourth-order valence-electron chi connectivity index (χ4n) is 2.98. The van der Waals surface area contributed by atoms with E-state index in [1.54, 1.807) is 12.1 Å². The maximum Gasteiger partial charge on any atom is 0.127 e. The van der Waals surface area contributed by atoms with Crippen LogP contribution in [0.3, 0.4) is 0 Å². The molecule has 2 N–H and O–H groups in total. The fourth-order valence-corrected chi connectivity index (χ4v) is 3.14. The van der Waals surface area contributed by atoms with Gasteiger partial charge in [0.1, 0.15) is 5.82 Å². The highest BCUT2D eigenvalue weighted by Gasteiger charge is 2.24. The molecule has 3 unspecified atom stereocenters. The van der Waals surface area contributed by atoms with E-state index in [2.05, 4.69) is 6.92 Å². The highest BCUT2D eigenvalue weighted by Crippen LogP contribution is 2.31. The van der Waals surface area contributed by atoms with Crippen molar-refractivity contribution in [2.45, 2.75) is 45.1 Å². The predicted molar refractivity (Wildman–Crippen MR) is 74.2 cm³/mol. The van der Waals surface area contributed by atoms with Crippen LogP contribution in [-0.4, -0.2) is 6.04 Å². The molecule has 3 heteroatoms. The van der Waals surface area contributed by atoms with Gasteiger partial charge in [0.2, 0.25) is 0 Å². The minimum atomic E-state index is -0.234. The topological polar surface area (TPSA) is 26.0 Å². The van der Waals surface area contributed by atoms with Crippen LogP contribution >= 0.6 is 11.6 Å². The van der Waals surface area contributed by atoms with Crippen LogP contribution in [0, 0.1) is 17.7 Å². The monoisotopic (exact) mass is 269 g/mol. The Morgan fingerprint density at radius 1 is 1.44 bits per heavy atom. The molecular weight excluding hydrogens is 249 g/mol. The van der Waals surface area contributed by atoms with Crippen LogP contribution in [0.25, 0.3) is 0 Å². The summed E-state index contributed by atoms with van der Waals surface area (Å²) in [7, 11) is 0. The zero-order chi connectivity index (χ0) is 13.1. The lowest BCUT2D eigenvalue weighted by Gasteiger charge is -2.31. The van der Waals surface area contributed by atoms with Crippen LogP contribution in [0.1, 0.15) is 38.2 Å². The average Bonchev–Trinajstić information content (AvgIpc) is 2.32. The smallest absolute Gasteiger partial charge is 0.127 e. The molecule has 0 aromatic heterocycles. The summed E-state index contributed by atoms with van der Waals surface area (Å²) in [6.07, 6.45) is 5.53. The van der Waals surface area contributed by atoms with Crippen molar-refractivity contribution >= 4 is 11.6 Å². The summed E-state index contributed by atoms with van der Waals surface area (Å²) in [6.45, 7) is 2.28. The van der Waals surface area contributed by atoms with E-state index in [9.17, 15) is 4.39 Å². The molecule has 18 heavy (non-hydrogen) atoms. The van der Waals surface area contributed by atoms with Gasteiger partial charge in [0, 0.05) is 11.1 Å². The van der Waals surface area contributed by atoms with Gasteiger partial charge >= 0.3 is 0 Å². The number of benzene rings is 1. The Labute approximate surface area is 114 Å². The van der Waals surface area contributed by atoms with Gasteiger partial charge in [-0.2, -0.15) is 0 Å². The van der Waals surface area contributed by atoms with E-state index in [0.717, 1.165) is 5.92 Å². The van der Waals surface area contributed by atoms with Crippen molar-refractivity contribution in [3.05, 3.63) is 34.6 Å². The Morgan fingerprint density at radius 3 is 2.89 bits per heavy atom. The van der Waals surface area contributed by atoms with E-state index in [-0.39, 0.29) is 11.9 Å². The highest BCUT2D eigenvalue weighted by molar-refractivity contribution is 6.30. The maximum atomic E-state index is 13.7. The molecule has 0 amide bonds. The molecule has 0 spiro atoms. The summed E-state index contributed by atoms with van der Waals surface area (Å²) in [6, 6.07) is 4.91. The molecular formula is C15H21ClFN. The number of rotatable bonds is 3. The molecule has 1 saturated carbocycles. The van der Waals surface area contributed by atoms with Crippen LogP contribution in [0.15, 0.2) is 18.2 Å². The quantitative estimate of drug-likeness (QED) is 0.875. The molecule has 0 radical (unpaired) electrons. The van der Waals surface area contributed by atoms with E-state index in [4.69, 9.17) is 17.3 Å². The molecule has 1 aliphatic carbocycles. The summed E-state index contributed by atoms with van der Waals surface area (Å²) in [4.78, 5) is 0. The van der Waals surface area contributed by atoms with Crippen molar-refractivity contribution in [3.63, 3.8) is 0 Å². The molecule has 2 rings (SSSR count). The van der Waals surface area contributed by atoms with Gasteiger partial charge in [-0.05, 0) is 48.8 Å². The summed E-state index contributed by atoms with van der Waals surface area (Å²) >= 11 is 5.75. The number of nitrogens with two attached hydrogens (primary N) is 1. The van der Waals surface area contributed by atoms with Gasteiger partial charge in [-0.1, -0.05) is 37.4 Å². The third kappa shape index (κ3) is 3.46. The van der Waals surface area contributed by atoms with Crippen molar-refractivity contribution in [3.8, 4) is 0 Å². The first-order valence-corrected chi connectivity index (χ1v) is 7.13. The number of hydrogen-bond donors (Lipinski definition) is 1. The second kappa shape index (κ2) is 6.03. The summed E-state index contributed by atoms with van der Waals surface area (Å²) < 4.78 is 13.7. The van der Waals surface area contributed by atoms with Gasteiger partial charge in [0.15, 0.2) is 0 Å². The second-order valence-electron chi connectivity index (χ2n) is 5.64. The molecule has 0 aliphatic heterocycles. The Hall–Kier alpha value is -0.600. The van der Waals surface area contributed by atoms with Crippen LogP contribution < -0.4 is 5.73 Å². The Bertz CT molecular complexity index is 407. The molecule has 1 aliphatic rings. The van der Waals surface area contributed by atoms with Crippen molar-refractivity contribution in [2.24, 2.45) is 17.6 Å². The average molecular weight is 270 g/mol. The zero-order valence-corrected chi connectivity index (χ0v) is 11.6. The third-order valence-electron chi connectivity index (χ3n) is 4.05. The van der Waals surface area contributed by atoms with Gasteiger partial charge < -0.3 is 5.73 Å². The van der Waals surface area contributed by atoms with E-state index in [1.165, 1.54) is 31.7 Å². The normalized spacial score (nSPS) is 26.0. The first-order valence-electron chi connectivity index (χ1n) is 6.75. The molecule has 1 aromatic rings. The number of halogens is 2. The van der Waals surface area contributed by atoms with Gasteiger partial charge in [0.25, 0.3) is 0 Å². The van der Waals surface area contributed by atoms with Gasteiger partial charge in [-0.25, -0.2) is 4.39 Å². The SMILES string of the molecule is CC1CCCC(C(N)Cc2ccc(Cl)cc2F)C1. The summed E-state index contributed by atoms with van der Waals surface area (Å²) in [5.41, 5.74) is 6.94. The standard InChI is InChI=1S/C15H21ClFN/c1-10-3-2-4-12(7-10)15(18)8-11-5-6-13(16)9-14(11)17/h5-6,9-10,12,15H,2-4,7-8,18H2,1H3. The minimum absolute atomic E-state index is 0.0587. The van der Waals surface area contributed by atoms with Crippen LogP contribution in [-0.2, 0) is 6.42 Å². The largest absolute Gasteiger partial charge is 0.327 e. The summed E-state index contributed by atoms with van der Waals surface area (Å²) in [5.74, 6) is 1.05. The fraction of sp³-hybridized carbons (Fsp3) is 0.600. The molecule has 0 heterocycles. The highest BCUT2D eigenvalue weighted by atomic mass is 35.5. The minimum Gasteiger partial charge on any atom is -0.327 e. The third-order valence-corrected chi connectivity index (χ3v) is 4.29. The van der Waals surface area contributed by atoms with Crippen molar-refractivity contribution < 1.29 is 4.39 Å². The Morgan fingerprint density at radius 2 is 2.22 bits per heavy atom. The molecule has 0 saturated heterocycles. The first-order chi connectivity index (χ1) is 8.56. The Balaban J connectivity index is 1.99.